The lowest BCUT2D eigenvalue weighted by atomic mass is 10.2. The quantitative estimate of drug-likeness (QED) is 0.509. The number of para-hydroxylation sites is 1. The van der Waals surface area contributed by atoms with Crippen molar-refractivity contribution in [1.82, 2.24) is 9.55 Å². The number of thiazole rings is 1. The van der Waals surface area contributed by atoms with Crippen LogP contribution in [0, 0.1) is 11.3 Å². The molecule has 2 heterocycles. The number of halogens is 1. The molecule has 32 heavy (non-hydrogen) atoms. The number of anilines is 1. The minimum atomic E-state index is -0.615. The van der Waals surface area contributed by atoms with Gasteiger partial charge in [0, 0.05) is 23.1 Å². The molecule has 0 fully saturated rings. The standard InChI is InChI=1S/C24H15ClN4O2S/c25-17-6-8-18(9-7-17)28-22(30)20(15-26)24-29(19-4-2-1-3-5-19)23(31)21(32-24)14-16-10-12-27-13-11-16/h1-14H,(H,28,30)/b21-14+,24-20-. The molecule has 0 aliphatic carbocycles. The van der Waals surface area contributed by atoms with Gasteiger partial charge in [0.05, 0.1) is 10.2 Å². The molecule has 2 aromatic carbocycles. The molecule has 6 nitrogen and oxygen atoms in total. The molecule has 0 aliphatic rings. The van der Waals surface area contributed by atoms with E-state index in [2.05, 4.69) is 10.3 Å². The van der Waals surface area contributed by atoms with Crippen molar-refractivity contribution in [2.24, 2.45) is 0 Å². The third kappa shape index (κ3) is 4.52. The van der Waals surface area contributed by atoms with Crippen molar-refractivity contribution in [2.45, 2.75) is 0 Å². The Hall–Kier alpha value is -3.99. The van der Waals surface area contributed by atoms with Gasteiger partial charge >= 0.3 is 0 Å². The third-order valence-corrected chi connectivity index (χ3v) is 5.84. The van der Waals surface area contributed by atoms with Gasteiger partial charge in [0.2, 0.25) is 0 Å². The van der Waals surface area contributed by atoms with Gasteiger partial charge in [-0.25, -0.2) is 0 Å². The Balaban J connectivity index is 1.94. The number of benzene rings is 2. The predicted molar refractivity (Wildman–Crippen MR) is 126 cm³/mol. The Bertz CT molecular complexity index is 1490. The highest BCUT2D eigenvalue weighted by Crippen LogP contribution is 2.14. The van der Waals surface area contributed by atoms with Crippen molar-refractivity contribution in [3.63, 3.8) is 0 Å². The predicted octanol–water partition coefficient (Wildman–Crippen LogP) is 3.09. The highest BCUT2D eigenvalue weighted by Gasteiger charge is 2.17. The largest absolute Gasteiger partial charge is 0.321 e. The summed E-state index contributed by atoms with van der Waals surface area (Å²) < 4.78 is 2.02. The van der Waals surface area contributed by atoms with E-state index in [0.29, 0.717) is 20.9 Å². The molecule has 4 aromatic rings. The molecule has 0 atom stereocenters. The highest BCUT2D eigenvalue weighted by atomic mass is 35.5. The maximum Gasteiger partial charge on any atom is 0.273 e. The zero-order chi connectivity index (χ0) is 22.5. The van der Waals surface area contributed by atoms with Crippen molar-refractivity contribution < 1.29 is 4.79 Å². The van der Waals surface area contributed by atoms with E-state index in [4.69, 9.17) is 11.6 Å². The summed E-state index contributed by atoms with van der Waals surface area (Å²) in [5.41, 5.74) is 1.35. The minimum Gasteiger partial charge on any atom is -0.321 e. The van der Waals surface area contributed by atoms with Crippen LogP contribution in [-0.2, 0) is 4.79 Å². The van der Waals surface area contributed by atoms with E-state index in [-0.39, 0.29) is 15.8 Å². The zero-order valence-corrected chi connectivity index (χ0v) is 18.1. The Labute approximate surface area is 192 Å². The number of nitriles is 1. The van der Waals surface area contributed by atoms with Gasteiger partial charge in [-0.3, -0.25) is 19.1 Å². The van der Waals surface area contributed by atoms with Crippen molar-refractivity contribution in [3.05, 3.63) is 109 Å². The van der Waals surface area contributed by atoms with E-state index in [9.17, 15) is 14.9 Å². The number of amides is 1. The van der Waals surface area contributed by atoms with E-state index >= 15 is 0 Å². The number of pyridine rings is 1. The Morgan fingerprint density at radius 1 is 1.06 bits per heavy atom. The molecule has 2 aromatic heterocycles. The fourth-order valence-electron chi connectivity index (χ4n) is 3.00. The SMILES string of the molecule is N#C/C(C(=O)Nc1ccc(Cl)cc1)=c1/s/c(=C/c2ccncc2)c(=O)n1-c1ccccc1. The van der Waals surface area contributed by atoms with Gasteiger partial charge in [-0.1, -0.05) is 29.8 Å². The minimum absolute atomic E-state index is 0.166. The topological polar surface area (TPSA) is 87.8 Å². The summed E-state index contributed by atoms with van der Waals surface area (Å²) >= 11 is 6.98. The molecule has 0 bridgehead atoms. The first kappa shape index (κ1) is 21.2. The second kappa shape index (κ2) is 9.43. The molecule has 0 aliphatic heterocycles. The molecule has 0 unspecified atom stereocenters. The molecule has 8 heteroatoms. The van der Waals surface area contributed by atoms with E-state index < -0.39 is 5.91 Å². The monoisotopic (exact) mass is 458 g/mol. The highest BCUT2D eigenvalue weighted by molar-refractivity contribution is 7.07. The maximum atomic E-state index is 13.3. The molecular formula is C24H15ClN4O2S. The summed E-state index contributed by atoms with van der Waals surface area (Å²) in [5, 5.41) is 13.1. The first-order valence-electron chi connectivity index (χ1n) is 9.47. The van der Waals surface area contributed by atoms with Gasteiger partial charge in [-0.05, 0) is 60.2 Å². The lowest BCUT2D eigenvalue weighted by Crippen LogP contribution is -2.32. The van der Waals surface area contributed by atoms with E-state index in [1.54, 1.807) is 79.1 Å². The molecule has 4 rings (SSSR count). The van der Waals surface area contributed by atoms with Crippen LogP contribution in [0.3, 0.4) is 0 Å². The molecule has 0 saturated carbocycles. The van der Waals surface area contributed by atoms with Gasteiger partial charge in [-0.15, -0.1) is 11.3 Å². The van der Waals surface area contributed by atoms with Gasteiger partial charge in [0.25, 0.3) is 11.5 Å². The molecule has 0 radical (unpaired) electrons. The average molecular weight is 459 g/mol. The fourth-order valence-corrected chi connectivity index (χ4v) is 4.22. The number of nitrogens with one attached hydrogen (secondary N) is 1. The van der Waals surface area contributed by atoms with Crippen LogP contribution >= 0.6 is 22.9 Å². The summed E-state index contributed by atoms with van der Waals surface area (Å²) in [6.45, 7) is 0. The van der Waals surface area contributed by atoms with Crippen LogP contribution in [0.25, 0.3) is 17.3 Å². The summed E-state index contributed by atoms with van der Waals surface area (Å²) in [6, 6.07) is 21.0. The second-order valence-corrected chi connectivity index (χ2v) is 8.09. The maximum absolute atomic E-state index is 13.3. The van der Waals surface area contributed by atoms with E-state index in [1.165, 1.54) is 4.57 Å². The molecule has 1 N–H and O–H groups in total. The molecule has 0 saturated heterocycles. The number of hydrogen-bond acceptors (Lipinski definition) is 5. The second-order valence-electron chi connectivity index (χ2n) is 6.62. The summed E-state index contributed by atoms with van der Waals surface area (Å²) in [4.78, 5) is 30.2. The van der Waals surface area contributed by atoms with Crippen molar-refractivity contribution in [1.29, 1.82) is 5.26 Å². The number of nitrogens with zero attached hydrogens (tertiary/aromatic N) is 3. The van der Waals surface area contributed by atoms with Gasteiger partial charge in [0.15, 0.2) is 5.57 Å². The molecule has 156 valence electrons. The van der Waals surface area contributed by atoms with Crippen LogP contribution in [0.1, 0.15) is 5.56 Å². The van der Waals surface area contributed by atoms with Crippen LogP contribution in [0.2, 0.25) is 5.02 Å². The Kier molecular flexibility index (Phi) is 6.26. The van der Waals surface area contributed by atoms with Gasteiger partial charge in [0.1, 0.15) is 10.7 Å². The zero-order valence-electron chi connectivity index (χ0n) is 16.5. The van der Waals surface area contributed by atoms with Crippen LogP contribution in [0.4, 0.5) is 5.69 Å². The molecule has 1 amide bonds. The van der Waals surface area contributed by atoms with Crippen molar-refractivity contribution >= 4 is 46.2 Å². The van der Waals surface area contributed by atoms with Gasteiger partial charge < -0.3 is 5.32 Å². The van der Waals surface area contributed by atoms with Crippen molar-refractivity contribution in [2.75, 3.05) is 5.32 Å². The third-order valence-electron chi connectivity index (χ3n) is 4.50. The number of aromatic nitrogens is 2. The van der Waals surface area contributed by atoms with Crippen LogP contribution < -0.4 is 20.1 Å². The van der Waals surface area contributed by atoms with Crippen LogP contribution in [-0.4, -0.2) is 15.5 Å². The first-order valence-corrected chi connectivity index (χ1v) is 10.7. The molecular weight excluding hydrogens is 444 g/mol. The summed E-state index contributed by atoms with van der Waals surface area (Å²) in [6.07, 6.45) is 4.97. The number of carbonyl (C=O) groups excluding carboxylic acids is 1. The Morgan fingerprint density at radius 2 is 1.75 bits per heavy atom. The number of rotatable bonds is 4. The smallest absolute Gasteiger partial charge is 0.273 e. The summed E-state index contributed by atoms with van der Waals surface area (Å²) in [7, 11) is 0. The van der Waals surface area contributed by atoms with Crippen LogP contribution in [0.5, 0.6) is 0 Å². The Morgan fingerprint density at radius 3 is 2.41 bits per heavy atom. The van der Waals surface area contributed by atoms with Crippen molar-refractivity contribution in [3.8, 4) is 11.8 Å². The lowest BCUT2D eigenvalue weighted by molar-refractivity contribution is -0.111. The van der Waals surface area contributed by atoms with Crippen LogP contribution in [0.15, 0.2) is 83.9 Å². The van der Waals surface area contributed by atoms with Gasteiger partial charge in [-0.2, -0.15) is 5.26 Å². The normalized spacial score (nSPS) is 12.2. The lowest BCUT2D eigenvalue weighted by Gasteiger charge is -2.06. The fraction of sp³-hybridized carbons (Fsp3) is 0. The first-order chi connectivity index (χ1) is 15.6. The molecule has 0 spiro atoms. The number of carbonyl (C=O) groups is 1. The average Bonchev–Trinajstić information content (AvgIpc) is 3.12. The summed E-state index contributed by atoms with van der Waals surface area (Å²) in [5.74, 6) is -0.615. The van der Waals surface area contributed by atoms with E-state index in [1.807, 2.05) is 12.1 Å². The number of hydrogen-bond donors (Lipinski definition) is 1. The van der Waals surface area contributed by atoms with E-state index in [0.717, 1.165) is 16.9 Å².